The van der Waals surface area contributed by atoms with Gasteiger partial charge in [-0.05, 0) is 48.4 Å². The van der Waals surface area contributed by atoms with E-state index in [0.29, 0.717) is 16.8 Å². The molecule has 37 heavy (non-hydrogen) atoms. The second kappa shape index (κ2) is 9.61. The average Bonchev–Trinajstić information content (AvgIpc) is 3.13. The number of carbonyl (C=O) groups excluding carboxylic acids is 5. The van der Waals surface area contributed by atoms with Crippen LogP contribution in [0.15, 0.2) is 60.9 Å². The fourth-order valence-electron chi connectivity index (χ4n) is 4.25. The summed E-state index contributed by atoms with van der Waals surface area (Å²) in [6.07, 6.45) is 3.08. The fourth-order valence-corrected chi connectivity index (χ4v) is 4.25. The fraction of sp³-hybridized carbons (Fsp3) is 0.154. The molecule has 0 aliphatic carbocycles. The van der Waals surface area contributed by atoms with E-state index in [0.717, 1.165) is 4.90 Å². The van der Waals surface area contributed by atoms with Crippen molar-refractivity contribution in [1.82, 2.24) is 15.2 Å². The Balaban J connectivity index is 1.26. The van der Waals surface area contributed by atoms with Crippen LogP contribution in [0.5, 0.6) is 5.75 Å². The number of amides is 5. The predicted octanol–water partition coefficient (Wildman–Crippen LogP) is 2.31. The number of imide groups is 2. The van der Waals surface area contributed by atoms with Gasteiger partial charge in [-0.1, -0.05) is 12.1 Å². The van der Waals surface area contributed by atoms with Crippen molar-refractivity contribution in [2.75, 3.05) is 11.9 Å². The maximum absolute atomic E-state index is 13.3. The van der Waals surface area contributed by atoms with E-state index in [9.17, 15) is 28.4 Å². The van der Waals surface area contributed by atoms with E-state index in [2.05, 4.69) is 15.6 Å². The number of nitrogens with zero attached hydrogens (tertiary/aromatic N) is 2. The molecule has 2 N–H and O–H groups in total. The third-order valence-corrected chi connectivity index (χ3v) is 6.03. The minimum absolute atomic E-state index is 0.0209. The molecule has 0 radical (unpaired) electrons. The highest BCUT2D eigenvalue weighted by atomic mass is 19.1. The number of rotatable bonds is 6. The summed E-state index contributed by atoms with van der Waals surface area (Å²) < 4.78 is 18.8. The standard InChI is InChI=1S/C26H19FN4O6/c27-15-3-1-14(2-4-15)17-9-10-28-12-20(17)29-23(33)13-37-16-5-6-18-19(11-16)26(36)31(25(18)35)21-7-8-22(32)30-24(21)34/h1-6,9-12,21H,7-8,13H2,(H,29,33)(H,30,32,34). The lowest BCUT2D eigenvalue weighted by atomic mass is 10.0. The van der Waals surface area contributed by atoms with Crippen LogP contribution in [0.2, 0.25) is 0 Å². The molecule has 3 aromatic rings. The number of ether oxygens (including phenoxy) is 1. The number of pyridine rings is 1. The third kappa shape index (κ3) is 4.66. The highest BCUT2D eigenvalue weighted by Gasteiger charge is 2.44. The van der Waals surface area contributed by atoms with Gasteiger partial charge >= 0.3 is 0 Å². The van der Waals surface area contributed by atoms with Crippen LogP contribution in [0, 0.1) is 5.82 Å². The summed E-state index contributed by atoms with van der Waals surface area (Å²) in [4.78, 5) is 66.8. The average molecular weight is 502 g/mol. The van der Waals surface area contributed by atoms with Crippen LogP contribution >= 0.6 is 0 Å². The predicted molar refractivity (Wildman–Crippen MR) is 127 cm³/mol. The summed E-state index contributed by atoms with van der Waals surface area (Å²) in [5.41, 5.74) is 1.86. The molecule has 1 fully saturated rings. The quantitative estimate of drug-likeness (QED) is 0.494. The molecule has 0 saturated carbocycles. The van der Waals surface area contributed by atoms with Gasteiger partial charge in [-0.15, -0.1) is 0 Å². The molecule has 3 heterocycles. The maximum Gasteiger partial charge on any atom is 0.262 e. The third-order valence-electron chi connectivity index (χ3n) is 6.03. The Morgan fingerprint density at radius 3 is 2.54 bits per heavy atom. The van der Waals surface area contributed by atoms with Gasteiger partial charge in [0.05, 0.1) is 23.0 Å². The summed E-state index contributed by atoms with van der Waals surface area (Å²) in [6, 6.07) is 10.6. The van der Waals surface area contributed by atoms with Crippen molar-refractivity contribution in [1.29, 1.82) is 0 Å². The van der Waals surface area contributed by atoms with Crippen LogP contribution in [-0.2, 0) is 14.4 Å². The monoisotopic (exact) mass is 502 g/mol. The van der Waals surface area contributed by atoms with Gasteiger partial charge in [-0.3, -0.25) is 39.2 Å². The van der Waals surface area contributed by atoms with Gasteiger partial charge in [0, 0.05) is 18.2 Å². The molecule has 2 aromatic carbocycles. The molecule has 1 atom stereocenters. The van der Waals surface area contributed by atoms with Crippen LogP contribution < -0.4 is 15.4 Å². The second-order valence-electron chi connectivity index (χ2n) is 8.42. The normalized spacial score (nSPS) is 16.9. The molecular formula is C26H19FN4O6. The van der Waals surface area contributed by atoms with E-state index in [1.54, 1.807) is 24.4 Å². The van der Waals surface area contributed by atoms with Crippen molar-refractivity contribution in [2.45, 2.75) is 18.9 Å². The van der Waals surface area contributed by atoms with Crippen LogP contribution in [0.25, 0.3) is 11.1 Å². The van der Waals surface area contributed by atoms with Crippen molar-refractivity contribution in [3.05, 3.63) is 77.9 Å². The van der Waals surface area contributed by atoms with E-state index in [-0.39, 0.29) is 35.5 Å². The van der Waals surface area contributed by atoms with Crippen LogP contribution in [0.3, 0.4) is 0 Å². The lowest BCUT2D eigenvalue weighted by Gasteiger charge is -2.27. The molecular weight excluding hydrogens is 483 g/mol. The largest absolute Gasteiger partial charge is 0.484 e. The molecule has 11 heteroatoms. The number of anilines is 1. The molecule has 2 aliphatic rings. The summed E-state index contributed by atoms with van der Waals surface area (Å²) in [6.45, 7) is -0.407. The second-order valence-corrected chi connectivity index (χ2v) is 8.42. The highest BCUT2D eigenvalue weighted by Crippen LogP contribution is 2.31. The van der Waals surface area contributed by atoms with E-state index in [1.165, 1.54) is 36.5 Å². The molecule has 186 valence electrons. The number of hydrogen-bond acceptors (Lipinski definition) is 7. The molecule has 5 rings (SSSR count). The van der Waals surface area contributed by atoms with Crippen molar-refractivity contribution >= 4 is 35.2 Å². The van der Waals surface area contributed by atoms with Crippen molar-refractivity contribution in [3.63, 3.8) is 0 Å². The first-order valence-corrected chi connectivity index (χ1v) is 11.3. The maximum atomic E-state index is 13.3. The van der Waals surface area contributed by atoms with Crippen LogP contribution in [0.4, 0.5) is 10.1 Å². The Bertz CT molecular complexity index is 1460. The highest BCUT2D eigenvalue weighted by molar-refractivity contribution is 6.23. The van der Waals surface area contributed by atoms with Crippen molar-refractivity contribution < 1.29 is 33.1 Å². The van der Waals surface area contributed by atoms with E-state index < -0.39 is 42.2 Å². The number of piperidine rings is 1. The first-order chi connectivity index (χ1) is 17.8. The molecule has 10 nitrogen and oxygen atoms in total. The first kappa shape index (κ1) is 23.8. The van der Waals surface area contributed by atoms with Gasteiger partial charge in [0.2, 0.25) is 11.8 Å². The van der Waals surface area contributed by atoms with Crippen molar-refractivity contribution in [3.8, 4) is 16.9 Å². The van der Waals surface area contributed by atoms with Gasteiger partial charge in [0.25, 0.3) is 17.7 Å². The number of carbonyl (C=O) groups is 5. The SMILES string of the molecule is O=C1CCC(N2C(=O)c3ccc(OCC(=O)Nc4cnccc4-c4ccc(F)cc4)cc3C2=O)C(=O)N1. The van der Waals surface area contributed by atoms with Crippen LogP contribution in [0.1, 0.15) is 33.6 Å². The Hall–Kier alpha value is -4.93. The lowest BCUT2D eigenvalue weighted by Crippen LogP contribution is -2.54. The summed E-state index contributed by atoms with van der Waals surface area (Å²) >= 11 is 0. The molecule has 1 saturated heterocycles. The van der Waals surface area contributed by atoms with Crippen molar-refractivity contribution in [2.24, 2.45) is 0 Å². The zero-order chi connectivity index (χ0) is 26.1. The Morgan fingerprint density at radius 2 is 1.78 bits per heavy atom. The minimum Gasteiger partial charge on any atom is -0.484 e. The molecule has 5 amide bonds. The number of hydrogen-bond donors (Lipinski definition) is 2. The van der Waals surface area contributed by atoms with Gasteiger partial charge in [0.1, 0.15) is 17.6 Å². The zero-order valence-corrected chi connectivity index (χ0v) is 19.2. The number of fused-ring (bicyclic) bond motifs is 1. The summed E-state index contributed by atoms with van der Waals surface area (Å²) in [7, 11) is 0. The molecule has 0 bridgehead atoms. The molecule has 1 aromatic heterocycles. The van der Waals surface area contributed by atoms with Crippen LogP contribution in [-0.4, -0.2) is 52.1 Å². The Morgan fingerprint density at radius 1 is 1.03 bits per heavy atom. The smallest absolute Gasteiger partial charge is 0.262 e. The number of benzene rings is 2. The number of nitrogens with one attached hydrogen (secondary N) is 2. The Labute approximate surface area is 209 Å². The van der Waals surface area contributed by atoms with E-state index in [4.69, 9.17) is 4.74 Å². The van der Waals surface area contributed by atoms with Gasteiger partial charge in [0.15, 0.2) is 6.61 Å². The van der Waals surface area contributed by atoms with Gasteiger partial charge in [-0.2, -0.15) is 0 Å². The zero-order valence-electron chi connectivity index (χ0n) is 19.2. The molecule has 0 spiro atoms. The molecule has 2 aliphatic heterocycles. The van der Waals surface area contributed by atoms with E-state index >= 15 is 0 Å². The number of aromatic nitrogens is 1. The minimum atomic E-state index is -1.07. The summed E-state index contributed by atoms with van der Waals surface area (Å²) in [5.74, 6) is -3.19. The van der Waals surface area contributed by atoms with Gasteiger partial charge < -0.3 is 10.1 Å². The molecule has 1 unspecified atom stereocenters. The number of halogens is 1. The van der Waals surface area contributed by atoms with Gasteiger partial charge in [-0.25, -0.2) is 4.39 Å². The Kier molecular flexibility index (Phi) is 6.18. The lowest BCUT2D eigenvalue weighted by molar-refractivity contribution is -0.136. The topological polar surface area (TPSA) is 135 Å². The van der Waals surface area contributed by atoms with E-state index in [1.807, 2.05) is 0 Å². The summed E-state index contributed by atoms with van der Waals surface area (Å²) in [5, 5.41) is 4.84. The first-order valence-electron chi connectivity index (χ1n) is 11.3.